The van der Waals surface area contributed by atoms with Gasteiger partial charge in [-0.1, -0.05) is 79.6 Å². The molecule has 1 heterocycles. The Bertz CT molecular complexity index is 759. The molecule has 0 radical (unpaired) electrons. The second-order valence-corrected chi connectivity index (χ2v) is 8.44. The number of nitrogens with zero attached hydrogens (tertiary/aromatic N) is 1. The van der Waals surface area contributed by atoms with Gasteiger partial charge in [-0.05, 0) is 49.8 Å². The van der Waals surface area contributed by atoms with Crippen LogP contribution in [0.1, 0.15) is 55.5 Å². The number of hydrogen-bond acceptors (Lipinski definition) is 2. The number of allylic oxidation sites excluding steroid dienone is 2. The maximum atomic E-state index is 2.58. The van der Waals surface area contributed by atoms with Gasteiger partial charge < -0.3 is 4.90 Å². The third-order valence-corrected chi connectivity index (χ3v) is 7.22. The van der Waals surface area contributed by atoms with E-state index < -0.39 is 0 Å². The van der Waals surface area contributed by atoms with Gasteiger partial charge in [-0.2, -0.15) is 0 Å². The summed E-state index contributed by atoms with van der Waals surface area (Å²) in [5.74, 6) is 0.763. The molecular weight excluding hydrogens is 322 g/mol. The Balaban J connectivity index is 1.76. The molecule has 0 amide bonds. The molecule has 0 N–H and O–H groups in total. The molecule has 1 aliphatic carbocycles. The van der Waals surface area contributed by atoms with Gasteiger partial charge in [-0.3, -0.25) is 0 Å². The van der Waals surface area contributed by atoms with E-state index >= 15 is 0 Å². The van der Waals surface area contributed by atoms with Crippen LogP contribution >= 0.6 is 11.8 Å². The van der Waals surface area contributed by atoms with Crippen molar-refractivity contribution in [3.63, 3.8) is 0 Å². The van der Waals surface area contributed by atoms with E-state index in [4.69, 9.17) is 0 Å². The molecule has 1 aliphatic heterocycles. The molecule has 0 saturated heterocycles. The van der Waals surface area contributed by atoms with Crippen molar-refractivity contribution < 1.29 is 0 Å². The van der Waals surface area contributed by atoms with Crippen LogP contribution in [0.15, 0.2) is 65.2 Å². The highest BCUT2D eigenvalue weighted by Gasteiger charge is 2.36. The van der Waals surface area contributed by atoms with Crippen molar-refractivity contribution in [1.82, 2.24) is 0 Å². The predicted molar refractivity (Wildman–Crippen MR) is 110 cm³/mol. The zero-order chi connectivity index (χ0) is 17.2. The van der Waals surface area contributed by atoms with Crippen LogP contribution in [0.4, 0.5) is 5.69 Å². The van der Waals surface area contributed by atoms with Crippen molar-refractivity contribution in [3.8, 4) is 0 Å². The number of anilines is 1. The molecular formula is C23H27NS. The van der Waals surface area contributed by atoms with Crippen molar-refractivity contribution in [3.05, 3.63) is 76.3 Å². The number of rotatable bonds is 3. The van der Waals surface area contributed by atoms with Gasteiger partial charge in [0.2, 0.25) is 0 Å². The zero-order valence-corrected chi connectivity index (χ0v) is 16.1. The third-order valence-electron chi connectivity index (χ3n) is 5.63. The highest BCUT2D eigenvalue weighted by molar-refractivity contribution is 8.03. The van der Waals surface area contributed by atoms with Gasteiger partial charge in [0.05, 0.1) is 0 Å². The Morgan fingerprint density at radius 1 is 0.840 bits per heavy atom. The first-order valence-electron chi connectivity index (χ1n) is 9.53. The first kappa shape index (κ1) is 16.8. The molecule has 2 heteroatoms. The maximum Gasteiger partial charge on any atom is 0.109 e. The molecule has 2 aliphatic rings. The summed E-state index contributed by atoms with van der Waals surface area (Å²) in [5.41, 5.74) is 5.58. The lowest BCUT2D eigenvalue weighted by Crippen LogP contribution is -2.21. The second kappa shape index (κ2) is 7.29. The topological polar surface area (TPSA) is 3.24 Å². The number of thioether (sulfide) groups is 1. The molecule has 1 unspecified atom stereocenters. The molecule has 2 aromatic rings. The zero-order valence-electron chi connectivity index (χ0n) is 15.2. The minimum absolute atomic E-state index is 0.360. The van der Waals surface area contributed by atoms with E-state index in [2.05, 4.69) is 85.1 Å². The van der Waals surface area contributed by atoms with Gasteiger partial charge in [-0.15, -0.1) is 0 Å². The second-order valence-electron chi connectivity index (χ2n) is 7.32. The van der Waals surface area contributed by atoms with Gasteiger partial charge in [-0.25, -0.2) is 0 Å². The maximum absolute atomic E-state index is 2.58. The largest absolute Gasteiger partial charge is 0.327 e. The van der Waals surface area contributed by atoms with Crippen molar-refractivity contribution in [2.24, 2.45) is 5.92 Å². The summed E-state index contributed by atoms with van der Waals surface area (Å²) in [7, 11) is 0. The van der Waals surface area contributed by atoms with Gasteiger partial charge >= 0.3 is 0 Å². The van der Waals surface area contributed by atoms with Gasteiger partial charge in [0.1, 0.15) is 5.37 Å². The van der Waals surface area contributed by atoms with Crippen LogP contribution in [0, 0.1) is 12.8 Å². The summed E-state index contributed by atoms with van der Waals surface area (Å²) >= 11 is 2.10. The third kappa shape index (κ3) is 3.25. The fourth-order valence-corrected chi connectivity index (χ4v) is 5.89. The first-order valence-corrected chi connectivity index (χ1v) is 10.4. The lowest BCUT2D eigenvalue weighted by molar-refractivity contribution is 0.413. The first-order chi connectivity index (χ1) is 12.3. The van der Waals surface area contributed by atoms with E-state index in [9.17, 15) is 0 Å². The Kier molecular flexibility index (Phi) is 4.89. The normalized spacial score (nSPS) is 21.8. The minimum atomic E-state index is 0.360. The highest BCUT2D eigenvalue weighted by Crippen LogP contribution is 2.54. The molecule has 4 rings (SSSR count). The van der Waals surface area contributed by atoms with E-state index in [0.29, 0.717) is 5.37 Å². The average molecular weight is 350 g/mol. The molecule has 25 heavy (non-hydrogen) atoms. The van der Waals surface area contributed by atoms with E-state index in [0.717, 1.165) is 5.92 Å². The van der Waals surface area contributed by atoms with E-state index in [1.807, 2.05) is 0 Å². The summed E-state index contributed by atoms with van der Waals surface area (Å²) in [6, 6.07) is 19.8. The quantitative estimate of drug-likeness (QED) is 0.583. The summed E-state index contributed by atoms with van der Waals surface area (Å²) in [4.78, 5) is 4.22. The van der Waals surface area contributed by atoms with Crippen LogP contribution in [0.25, 0.3) is 0 Å². The van der Waals surface area contributed by atoms with Crippen LogP contribution in [0.3, 0.4) is 0 Å². The summed E-state index contributed by atoms with van der Waals surface area (Å²) in [6.07, 6.45) is 6.92. The summed E-state index contributed by atoms with van der Waals surface area (Å²) < 4.78 is 0. The number of benzene rings is 2. The highest BCUT2D eigenvalue weighted by atomic mass is 32.2. The number of hydrogen-bond donors (Lipinski definition) is 0. The molecule has 1 nitrogen and oxygen atoms in total. The van der Waals surface area contributed by atoms with Gasteiger partial charge in [0.25, 0.3) is 0 Å². The average Bonchev–Trinajstić information content (AvgIpc) is 3.01. The van der Waals surface area contributed by atoms with E-state index in [1.54, 1.807) is 4.91 Å². The van der Waals surface area contributed by atoms with Crippen molar-refractivity contribution in [1.29, 1.82) is 0 Å². The molecule has 2 aromatic carbocycles. The Hall–Kier alpha value is -1.67. The van der Waals surface area contributed by atoms with Crippen LogP contribution in [-0.4, -0.2) is 0 Å². The fraction of sp³-hybridized carbons (Fsp3) is 0.391. The molecule has 0 bridgehead atoms. The molecule has 1 saturated carbocycles. The standard InChI is InChI=1S/C23H27NS/c1-17-11-9-10-16-21(17)24-18(2)22(19-12-5-3-6-13-19)25-23(24)20-14-7-4-8-15-20/h4,7-11,14-16,19,23H,3,5-6,12-13H2,1-2H3. The van der Waals surface area contributed by atoms with E-state index in [-0.39, 0.29) is 0 Å². The molecule has 0 spiro atoms. The molecule has 130 valence electrons. The number of aryl methyl sites for hydroxylation is 1. The van der Waals surface area contributed by atoms with Crippen LogP contribution in [0.2, 0.25) is 0 Å². The molecule has 1 fully saturated rings. The minimum Gasteiger partial charge on any atom is -0.327 e. The number of para-hydroxylation sites is 1. The van der Waals surface area contributed by atoms with Crippen molar-refractivity contribution >= 4 is 17.4 Å². The fourth-order valence-electron chi connectivity index (χ4n) is 4.28. The van der Waals surface area contributed by atoms with Crippen LogP contribution in [0.5, 0.6) is 0 Å². The lowest BCUT2D eigenvalue weighted by Gasteiger charge is -2.29. The molecule has 1 atom stereocenters. The van der Waals surface area contributed by atoms with Crippen LogP contribution in [-0.2, 0) is 0 Å². The predicted octanol–water partition coefficient (Wildman–Crippen LogP) is 7.06. The lowest BCUT2D eigenvalue weighted by atomic mass is 9.88. The van der Waals surface area contributed by atoms with Gasteiger partial charge in [0, 0.05) is 16.3 Å². The monoisotopic (exact) mass is 349 g/mol. The van der Waals surface area contributed by atoms with E-state index in [1.165, 1.54) is 54.6 Å². The van der Waals surface area contributed by atoms with Crippen molar-refractivity contribution in [2.75, 3.05) is 4.90 Å². The summed E-state index contributed by atoms with van der Waals surface area (Å²) in [5, 5.41) is 0.360. The van der Waals surface area contributed by atoms with Crippen molar-refractivity contribution in [2.45, 2.75) is 51.3 Å². The summed E-state index contributed by atoms with van der Waals surface area (Å²) in [6.45, 7) is 4.57. The Morgan fingerprint density at radius 3 is 2.24 bits per heavy atom. The smallest absolute Gasteiger partial charge is 0.109 e. The Labute approximate surface area is 156 Å². The Morgan fingerprint density at radius 2 is 1.52 bits per heavy atom. The van der Waals surface area contributed by atoms with Gasteiger partial charge in [0.15, 0.2) is 0 Å². The van der Waals surface area contributed by atoms with Crippen LogP contribution < -0.4 is 4.90 Å². The SMILES string of the molecule is CC1=C(C2CCCCC2)SC(c2ccccc2)N1c1ccccc1C. The molecule has 0 aromatic heterocycles.